The van der Waals surface area contributed by atoms with E-state index in [1.165, 1.54) is 12.1 Å². The zero-order valence-corrected chi connectivity index (χ0v) is 12.3. The molecule has 1 saturated heterocycles. The molecule has 0 aliphatic carbocycles. The van der Waals surface area contributed by atoms with Gasteiger partial charge in [-0.05, 0) is 30.5 Å². The molecular formula is C16H24FNO2. The highest BCUT2D eigenvalue weighted by molar-refractivity contribution is 5.19. The van der Waals surface area contributed by atoms with E-state index in [0.717, 1.165) is 31.6 Å². The highest BCUT2D eigenvalue weighted by Gasteiger charge is 2.19. The first-order valence-corrected chi connectivity index (χ1v) is 7.37. The van der Waals surface area contributed by atoms with Gasteiger partial charge in [0.1, 0.15) is 5.82 Å². The highest BCUT2D eigenvalue weighted by Crippen LogP contribution is 2.20. The molecule has 20 heavy (non-hydrogen) atoms. The SMILES string of the molecule is CC(C)NCC(OCC1CCCO1)c1ccc(F)cc1. The molecule has 2 unspecified atom stereocenters. The smallest absolute Gasteiger partial charge is 0.123 e. The van der Waals surface area contributed by atoms with E-state index in [-0.39, 0.29) is 18.0 Å². The zero-order valence-electron chi connectivity index (χ0n) is 12.3. The first-order valence-electron chi connectivity index (χ1n) is 7.37. The topological polar surface area (TPSA) is 30.5 Å². The van der Waals surface area contributed by atoms with Crippen LogP contribution in [0.15, 0.2) is 24.3 Å². The average Bonchev–Trinajstić information content (AvgIpc) is 2.93. The van der Waals surface area contributed by atoms with Crippen LogP contribution in [0.4, 0.5) is 4.39 Å². The number of hydrogen-bond donors (Lipinski definition) is 1. The second-order valence-electron chi connectivity index (χ2n) is 5.57. The Morgan fingerprint density at radius 1 is 1.35 bits per heavy atom. The number of nitrogens with one attached hydrogen (secondary N) is 1. The number of rotatable bonds is 7. The highest BCUT2D eigenvalue weighted by atomic mass is 19.1. The Hall–Kier alpha value is -0.970. The fourth-order valence-electron chi connectivity index (χ4n) is 2.29. The van der Waals surface area contributed by atoms with Gasteiger partial charge < -0.3 is 14.8 Å². The molecule has 1 N–H and O–H groups in total. The first kappa shape index (κ1) is 15.4. The van der Waals surface area contributed by atoms with Gasteiger partial charge in [0.05, 0.1) is 18.8 Å². The largest absolute Gasteiger partial charge is 0.376 e. The van der Waals surface area contributed by atoms with Gasteiger partial charge in [-0.3, -0.25) is 0 Å². The summed E-state index contributed by atoms with van der Waals surface area (Å²) in [6, 6.07) is 6.93. The van der Waals surface area contributed by atoms with Crippen LogP contribution in [0.2, 0.25) is 0 Å². The Kier molecular flexibility index (Phi) is 5.95. The van der Waals surface area contributed by atoms with Crippen LogP contribution in [-0.2, 0) is 9.47 Å². The van der Waals surface area contributed by atoms with Gasteiger partial charge in [0.15, 0.2) is 0 Å². The third-order valence-electron chi connectivity index (χ3n) is 3.46. The minimum atomic E-state index is -0.219. The standard InChI is InChI=1S/C16H24FNO2/c1-12(2)18-10-16(13-5-7-14(17)8-6-13)20-11-15-4-3-9-19-15/h5-8,12,15-16,18H,3-4,9-11H2,1-2H3. The third-order valence-corrected chi connectivity index (χ3v) is 3.46. The lowest BCUT2D eigenvalue weighted by Crippen LogP contribution is -2.30. The molecule has 0 aromatic heterocycles. The van der Waals surface area contributed by atoms with Crippen LogP contribution in [-0.4, -0.2) is 31.9 Å². The van der Waals surface area contributed by atoms with Crippen molar-refractivity contribution in [3.8, 4) is 0 Å². The minimum Gasteiger partial charge on any atom is -0.376 e. The van der Waals surface area contributed by atoms with Crippen molar-refractivity contribution < 1.29 is 13.9 Å². The second kappa shape index (κ2) is 7.72. The summed E-state index contributed by atoms with van der Waals surface area (Å²) in [6.45, 7) is 6.35. The summed E-state index contributed by atoms with van der Waals surface area (Å²) >= 11 is 0. The van der Waals surface area contributed by atoms with Crippen LogP contribution < -0.4 is 5.32 Å². The van der Waals surface area contributed by atoms with Gasteiger partial charge in [-0.25, -0.2) is 4.39 Å². The van der Waals surface area contributed by atoms with Crippen LogP contribution >= 0.6 is 0 Å². The van der Waals surface area contributed by atoms with Gasteiger partial charge in [0, 0.05) is 19.2 Å². The molecular weight excluding hydrogens is 257 g/mol. The van der Waals surface area contributed by atoms with E-state index >= 15 is 0 Å². The van der Waals surface area contributed by atoms with E-state index in [0.29, 0.717) is 12.6 Å². The lowest BCUT2D eigenvalue weighted by molar-refractivity contribution is -0.0215. The Bertz CT molecular complexity index is 388. The summed E-state index contributed by atoms with van der Waals surface area (Å²) in [6.07, 6.45) is 2.31. The fourth-order valence-corrected chi connectivity index (χ4v) is 2.29. The Labute approximate surface area is 120 Å². The van der Waals surface area contributed by atoms with Gasteiger partial charge in [0.2, 0.25) is 0 Å². The van der Waals surface area contributed by atoms with Gasteiger partial charge in [0.25, 0.3) is 0 Å². The Morgan fingerprint density at radius 2 is 2.10 bits per heavy atom. The molecule has 1 heterocycles. The van der Waals surface area contributed by atoms with Gasteiger partial charge >= 0.3 is 0 Å². The molecule has 4 heteroatoms. The molecule has 3 nitrogen and oxygen atoms in total. The summed E-state index contributed by atoms with van der Waals surface area (Å²) in [7, 11) is 0. The molecule has 1 fully saturated rings. The number of benzene rings is 1. The summed E-state index contributed by atoms with van der Waals surface area (Å²) < 4.78 is 24.6. The van der Waals surface area contributed by atoms with Crippen molar-refractivity contribution in [2.45, 2.75) is 44.9 Å². The van der Waals surface area contributed by atoms with Crippen LogP contribution in [0, 0.1) is 5.82 Å². The molecule has 0 saturated carbocycles. The molecule has 1 aromatic rings. The summed E-state index contributed by atoms with van der Waals surface area (Å²) in [5, 5.41) is 3.37. The van der Waals surface area contributed by atoms with Crippen molar-refractivity contribution >= 4 is 0 Å². The number of hydrogen-bond acceptors (Lipinski definition) is 3. The molecule has 0 spiro atoms. The van der Waals surface area contributed by atoms with Crippen molar-refractivity contribution in [1.29, 1.82) is 0 Å². The molecule has 0 radical (unpaired) electrons. The monoisotopic (exact) mass is 281 g/mol. The molecule has 1 aromatic carbocycles. The van der Waals surface area contributed by atoms with Crippen LogP contribution in [0.1, 0.15) is 38.4 Å². The average molecular weight is 281 g/mol. The van der Waals surface area contributed by atoms with Crippen molar-refractivity contribution in [1.82, 2.24) is 5.32 Å². The van der Waals surface area contributed by atoms with Crippen LogP contribution in [0.5, 0.6) is 0 Å². The normalized spacial score (nSPS) is 20.5. The predicted octanol–water partition coefficient (Wildman–Crippen LogP) is 3.06. The van der Waals surface area contributed by atoms with Crippen molar-refractivity contribution in [3.05, 3.63) is 35.6 Å². The molecule has 0 amide bonds. The quantitative estimate of drug-likeness (QED) is 0.833. The van der Waals surface area contributed by atoms with Crippen LogP contribution in [0.3, 0.4) is 0 Å². The van der Waals surface area contributed by atoms with E-state index in [9.17, 15) is 4.39 Å². The predicted molar refractivity (Wildman–Crippen MR) is 77.2 cm³/mol. The first-order chi connectivity index (χ1) is 9.65. The minimum absolute atomic E-state index is 0.0674. The van der Waals surface area contributed by atoms with Gasteiger partial charge in [-0.15, -0.1) is 0 Å². The third kappa shape index (κ3) is 4.85. The van der Waals surface area contributed by atoms with Crippen molar-refractivity contribution in [2.75, 3.05) is 19.8 Å². The molecule has 112 valence electrons. The number of halogens is 1. The molecule has 0 bridgehead atoms. The van der Waals surface area contributed by atoms with Crippen molar-refractivity contribution in [3.63, 3.8) is 0 Å². The Morgan fingerprint density at radius 3 is 2.70 bits per heavy atom. The van der Waals surface area contributed by atoms with E-state index in [1.54, 1.807) is 12.1 Å². The molecule has 1 aliphatic heterocycles. The van der Waals surface area contributed by atoms with Crippen molar-refractivity contribution in [2.24, 2.45) is 0 Å². The van der Waals surface area contributed by atoms with E-state index in [1.807, 2.05) is 0 Å². The molecule has 2 atom stereocenters. The summed E-state index contributed by atoms with van der Waals surface area (Å²) in [4.78, 5) is 0. The lowest BCUT2D eigenvalue weighted by atomic mass is 10.1. The molecule has 1 aliphatic rings. The van der Waals surface area contributed by atoms with E-state index < -0.39 is 0 Å². The Balaban J connectivity index is 1.93. The van der Waals surface area contributed by atoms with Gasteiger partial charge in [-0.1, -0.05) is 26.0 Å². The molecule has 2 rings (SSSR count). The van der Waals surface area contributed by atoms with E-state index in [4.69, 9.17) is 9.47 Å². The maximum absolute atomic E-state index is 13.0. The van der Waals surface area contributed by atoms with Crippen LogP contribution in [0.25, 0.3) is 0 Å². The summed E-state index contributed by atoms with van der Waals surface area (Å²) in [5.74, 6) is -0.219. The maximum Gasteiger partial charge on any atom is 0.123 e. The summed E-state index contributed by atoms with van der Waals surface area (Å²) in [5.41, 5.74) is 0.998. The second-order valence-corrected chi connectivity index (χ2v) is 5.57. The maximum atomic E-state index is 13.0. The van der Waals surface area contributed by atoms with E-state index in [2.05, 4.69) is 19.2 Å². The fraction of sp³-hybridized carbons (Fsp3) is 0.625. The van der Waals surface area contributed by atoms with Gasteiger partial charge in [-0.2, -0.15) is 0 Å². The zero-order chi connectivity index (χ0) is 14.4. The lowest BCUT2D eigenvalue weighted by Gasteiger charge is -2.22. The number of ether oxygens (including phenoxy) is 2.